The van der Waals surface area contributed by atoms with Gasteiger partial charge in [-0.2, -0.15) is 5.10 Å². The van der Waals surface area contributed by atoms with Crippen LogP contribution in [0.2, 0.25) is 0 Å². The minimum absolute atomic E-state index is 0.297. The topological polar surface area (TPSA) is 111 Å². The number of esters is 1. The average Bonchev–Trinajstić information content (AvgIpc) is 2.78. The Morgan fingerprint density at radius 3 is 2.65 bits per heavy atom. The third-order valence-electron chi connectivity index (χ3n) is 2.69. The van der Waals surface area contributed by atoms with Crippen LogP contribution in [0.25, 0.3) is 0 Å². The first kappa shape index (κ1) is 15.7. The number of ether oxygens (including phenoxy) is 1. The summed E-state index contributed by atoms with van der Waals surface area (Å²) in [7, 11) is 2.82. The van der Waals surface area contributed by atoms with Crippen LogP contribution in [0.5, 0.6) is 0 Å². The second-order valence-corrected chi connectivity index (χ2v) is 4.16. The molecule has 0 aliphatic heterocycles. The maximum atomic E-state index is 12.0. The summed E-state index contributed by atoms with van der Waals surface area (Å²) >= 11 is 0. The van der Waals surface area contributed by atoms with Crippen molar-refractivity contribution in [3.05, 3.63) is 17.5 Å². The zero-order valence-corrected chi connectivity index (χ0v) is 11.5. The first-order chi connectivity index (χ1) is 9.38. The van der Waals surface area contributed by atoms with Gasteiger partial charge in [0.25, 0.3) is 5.91 Å². The molecule has 0 radical (unpaired) electrons. The monoisotopic (exact) mass is 283 g/mol. The molecule has 2 N–H and O–H groups in total. The van der Waals surface area contributed by atoms with Gasteiger partial charge in [0.15, 0.2) is 0 Å². The van der Waals surface area contributed by atoms with Gasteiger partial charge in [-0.15, -0.1) is 0 Å². The van der Waals surface area contributed by atoms with Gasteiger partial charge < -0.3 is 15.2 Å². The number of hydrogen-bond donors (Lipinski definition) is 2. The van der Waals surface area contributed by atoms with Gasteiger partial charge in [-0.25, -0.2) is 4.79 Å². The van der Waals surface area contributed by atoms with Crippen LogP contribution in [-0.4, -0.2) is 45.9 Å². The van der Waals surface area contributed by atoms with Crippen LogP contribution in [-0.2, 0) is 27.8 Å². The van der Waals surface area contributed by atoms with Gasteiger partial charge in [0.2, 0.25) is 0 Å². The standard InChI is InChI=1S/C12H17N3O5/c1-4-8-7(6-15(2)14-8)11(17)13-9(12(18)19)5-10(16)20-3/h6,9H,4-5H2,1-3H3,(H,13,17)(H,18,19)/t9-/m0/s1. The Hall–Kier alpha value is -2.38. The van der Waals surface area contributed by atoms with E-state index in [0.29, 0.717) is 17.7 Å². The fourth-order valence-electron chi connectivity index (χ4n) is 1.67. The fraction of sp³-hybridized carbons (Fsp3) is 0.500. The molecule has 1 atom stereocenters. The first-order valence-corrected chi connectivity index (χ1v) is 6.02. The zero-order chi connectivity index (χ0) is 15.3. The summed E-state index contributed by atoms with van der Waals surface area (Å²) in [4.78, 5) is 34.2. The highest BCUT2D eigenvalue weighted by Gasteiger charge is 2.25. The van der Waals surface area contributed by atoms with Crippen molar-refractivity contribution in [2.45, 2.75) is 25.8 Å². The number of nitrogens with zero attached hydrogens (tertiary/aromatic N) is 2. The number of methoxy groups -OCH3 is 1. The lowest BCUT2D eigenvalue weighted by Crippen LogP contribution is -2.42. The molecule has 0 aliphatic rings. The highest BCUT2D eigenvalue weighted by atomic mass is 16.5. The van der Waals surface area contributed by atoms with Gasteiger partial charge in [-0.3, -0.25) is 14.3 Å². The molecule has 8 nitrogen and oxygen atoms in total. The van der Waals surface area contributed by atoms with E-state index in [1.165, 1.54) is 10.9 Å². The number of nitrogens with one attached hydrogen (secondary N) is 1. The Morgan fingerprint density at radius 1 is 1.50 bits per heavy atom. The van der Waals surface area contributed by atoms with E-state index in [1.54, 1.807) is 7.05 Å². The average molecular weight is 283 g/mol. The summed E-state index contributed by atoms with van der Waals surface area (Å²) < 4.78 is 5.87. The van der Waals surface area contributed by atoms with E-state index < -0.39 is 30.3 Å². The molecule has 110 valence electrons. The van der Waals surface area contributed by atoms with E-state index in [0.717, 1.165) is 7.11 Å². The number of aliphatic carboxylic acids is 1. The lowest BCUT2D eigenvalue weighted by atomic mass is 10.1. The molecule has 0 aromatic carbocycles. The number of hydrogen-bond acceptors (Lipinski definition) is 5. The number of aromatic nitrogens is 2. The molecule has 20 heavy (non-hydrogen) atoms. The summed E-state index contributed by atoms with van der Waals surface area (Å²) in [5.74, 6) is -2.59. The molecule has 1 heterocycles. The highest BCUT2D eigenvalue weighted by Crippen LogP contribution is 2.08. The molecule has 0 aliphatic carbocycles. The molecule has 0 saturated carbocycles. The number of rotatable bonds is 6. The predicted molar refractivity (Wildman–Crippen MR) is 68.1 cm³/mol. The molecular weight excluding hydrogens is 266 g/mol. The van der Waals surface area contributed by atoms with Crippen LogP contribution in [0.15, 0.2) is 6.20 Å². The predicted octanol–water partition coefficient (Wildman–Crippen LogP) is -0.271. The molecular formula is C12H17N3O5. The van der Waals surface area contributed by atoms with E-state index in [4.69, 9.17) is 5.11 Å². The number of carbonyl (C=O) groups is 3. The third kappa shape index (κ3) is 3.81. The van der Waals surface area contributed by atoms with Gasteiger partial charge in [0.05, 0.1) is 24.8 Å². The fourth-order valence-corrected chi connectivity index (χ4v) is 1.67. The number of aryl methyl sites for hydroxylation is 2. The second-order valence-electron chi connectivity index (χ2n) is 4.16. The normalized spacial score (nSPS) is 11.8. The van der Waals surface area contributed by atoms with Crippen molar-refractivity contribution in [2.24, 2.45) is 7.05 Å². The van der Waals surface area contributed by atoms with Gasteiger partial charge in [-0.05, 0) is 6.42 Å². The van der Waals surface area contributed by atoms with Crippen molar-refractivity contribution in [2.75, 3.05) is 7.11 Å². The van der Waals surface area contributed by atoms with Crippen LogP contribution in [0.1, 0.15) is 29.4 Å². The summed E-state index contributed by atoms with van der Waals surface area (Å²) in [6.07, 6.45) is 1.61. The minimum Gasteiger partial charge on any atom is -0.480 e. The minimum atomic E-state index is -1.33. The van der Waals surface area contributed by atoms with Crippen LogP contribution >= 0.6 is 0 Å². The van der Waals surface area contributed by atoms with Crippen molar-refractivity contribution >= 4 is 17.8 Å². The molecule has 1 aromatic rings. The molecule has 0 unspecified atom stereocenters. The van der Waals surface area contributed by atoms with Gasteiger partial charge in [0.1, 0.15) is 6.04 Å². The molecule has 0 saturated heterocycles. The van der Waals surface area contributed by atoms with E-state index in [9.17, 15) is 14.4 Å². The number of amides is 1. The molecule has 0 bridgehead atoms. The Kier molecular flexibility index (Phi) is 5.24. The summed E-state index contributed by atoms with van der Waals surface area (Å²) in [5, 5.41) is 15.4. The quantitative estimate of drug-likeness (QED) is 0.695. The van der Waals surface area contributed by atoms with E-state index in [-0.39, 0.29) is 0 Å². The zero-order valence-electron chi connectivity index (χ0n) is 11.5. The number of carboxylic acids is 1. The summed E-state index contributed by atoms with van der Waals surface area (Å²) in [5.41, 5.74) is 0.860. The smallest absolute Gasteiger partial charge is 0.326 e. The SMILES string of the molecule is CCc1nn(C)cc1C(=O)N[C@@H](CC(=O)OC)C(=O)O. The Balaban J connectivity index is 2.85. The van der Waals surface area contributed by atoms with Crippen molar-refractivity contribution in [1.82, 2.24) is 15.1 Å². The van der Waals surface area contributed by atoms with Crippen molar-refractivity contribution in [1.29, 1.82) is 0 Å². The Labute approximate surface area is 115 Å². The van der Waals surface area contributed by atoms with Gasteiger partial charge in [0, 0.05) is 13.2 Å². The van der Waals surface area contributed by atoms with Crippen LogP contribution in [0, 0.1) is 0 Å². The summed E-state index contributed by atoms with van der Waals surface area (Å²) in [6, 6.07) is -1.33. The molecule has 0 spiro atoms. The molecule has 1 aromatic heterocycles. The number of carboxylic acid groups (broad SMARTS) is 1. The number of carbonyl (C=O) groups excluding carboxylic acids is 2. The molecule has 8 heteroatoms. The van der Waals surface area contributed by atoms with E-state index >= 15 is 0 Å². The van der Waals surface area contributed by atoms with E-state index in [2.05, 4.69) is 15.2 Å². The molecule has 1 rings (SSSR count). The van der Waals surface area contributed by atoms with Crippen molar-refractivity contribution < 1.29 is 24.2 Å². The largest absolute Gasteiger partial charge is 0.480 e. The second kappa shape index (κ2) is 6.69. The van der Waals surface area contributed by atoms with Gasteiger partial charge >= 0.3 is 11.9 Å². The van der Waals surface area contributed by atoms with Crippen molar-refractivity contribution in [3.8, 4) is 0 Å². The van der Waals surface area contributed by atoms with Crippen LogP contribution in [0.3, 0.4) is 0 Å². The Bertz CT molecular complexity index is 523. The molecule has 1 amide bonds. The van der Waals surface area contributed by atoms with Crippen LogP contribution < -0.4 is 5.32 Å². The van der Waals surface area contributed by atoms with E-state index in [1.807, 2.05) is 6.92 Å². The van der Waals surface area contributed by atoms with Crippen LogP contribution in [0.4, 0.5) is 0 Å². The van der Waals surface area contributed by atoms with Gasteiger partial charge in [-0.1, -0.05) is 6.92 Å². The first-order valence-electron chi connectivity index (χ1n) is 6.02. The maximum Gasteiger partial charge on any atom is 0.326 e. The summed E-state index contributed by atoms with van der Waals surface area (Å²) in [6.45, 7) is 1.84. The highest BCUT2D eigenvalue weighted by molar-refractivity contribution is 5.98. The third-order valence-corrected chi connectivity index (χ3v) is 2.69. The lowest BCUT2D eigenvalue weighted by molar-refractivity contribution is -0.147. The Morgan fingerprint density at radius 2 is 2.15 bits per heavy atom. The van der Waals surface area contributed by atoms with Crippen molar-refractivity contribution in [3.63, 3.8) is 0 Å². The molecule has 0 fully saturated rings. The lowest BCUT2D eigenvalue weighted by Gasteiger charge is -2.13. The maximum absolute atomic E-state index is 12.0.